The first-order valence-electron chi connectivity index (χ1n) is 8.51. The summed E-state index contributed by atoms with van der Waals surface area (Å²) in [6.45, 7) is 9.58. The number of thioether (sulfide) groups is 1. The quantitative estimate of drug-likeness (QED) is 0.387. The Hall–Kier alpha value is -2.29. The van der Waals surface area contributed by atoms with Crippen molar-refractivity contribution >= 4 is 68.3 Å². The zero-order valence-corrected chi connectivity index (χ0v) is 18.2. The first-order valence-corrected chi connectivity index (χ1v) is 10.6. The van der Waals surface area contributed by atoms with Crippen molar-refractivity contribution in [2.75, 3.05) is 11.4 Å². The van der Waals surface area contributed by atoms with E-state index in [2.05, 4.69) is 11.6 Å². The second kappa shape index (κ2) is 8.38. The van der Waals surface area contributed by atoms with Gasteiger partial charge in [0.05, 0.1) is 16.3 Å². The van der Waals surface area contributed by atoms with Crippen molar-refractivity contribution < 1.29 is 9.59 Å². The highest BCUT2D eigenvalue weighted by atomic mass is 32.2. The number of rotatable bonds is 5. The highest BCUT2D eigenvalue weighted by molar-refractivity contribution is 8.26. The van der Waals surface area contributed by atoms with Crippen molar-refractivity contribution in [3.05, 3.63) is 58.0 Å². The SMILES string of the molecule is C=CCN1C(=O)/C(=C/c2csc(N(C(C)=O)c3ccc(C)c(C)c3)n2)SC1=S. The minimum atomic E-state index is -0.151. The molecule has 8 heteroatoms. The van der Waals surface area contributed by atoms with E-state index in [4.69, 9.17) is 12.2 Å². The Morgan fingerprint density at radius 1 is 1.36 bits per heavy atom. The lowest BCUT2D eigenvalue weighted by Gasteiger charge is -2.19. The Bertz CT molecular complexity index is 1010. The van der Waals surface area contributed by atoms with Gasteiger partial charge in [0.2, 0.25) is 5.91 Å². The van der Waals surface area contributed by atoms with Gasteiger partial charge >= 0.3 is 0 Å². The second-order valence-corrected chi connectivity index (χ2v) is 8.77. The normalized spacial score (nSPS) is 15.4. The molecular weight excluding hydrogens is 410 g/mol. The van der Waals surface area contributed by atoms with Crippen molar-refractivity contribution in [3.63, 3.8) is 0 Å². The third-order valence-corrected chi connectivity index (χ3v) is 6.45. The van der Waals surface area contributed by atoms with Crippen LogP contribution in [-0.4, -0.2) is 32.6 Å². The Balaban J connectivity index is 1.91. The number of carbonyl (C=O) groups is 2. The molecule has 2 heterocycles. The molecule has 1 aromatic carbocycles. The van der Waals surface area contributed by atoms with Crippen LogP contribution >= 0.6 is 35.3 Å². The minimum absolute atomic E-state index is 0.124. The average Bonchev–Trinajstić information content (AvgIpc) is 3.18. The zero-order chi connectivity index (χ0) is 20.4. The summed E-state index contributed by atoms with van der Waals surface area (Å²) in [7, 11) is 0. The molecule has 1 fully saturated rings. The lowest BCUT2D eigenvalue weighted by molar-refractivity contribution is -0.121. The molecule has 0 radical (unpaired) electrons. The summed E-state index contributed by atoms with van der Waals surface area (Å²) in [5, 5.41) is 2.38. The van der Waals surface area contributed by atoms with Gasteiger partial charge in [-0.1, -0.05) is 36.1 Å². The molecule has 1 saturated heterocycles. The molecule has 0 saturated carbocycles. The predicted molar refractivity (Wildman–Crippen MR) is 121 cm³/mol. The molecule has 2 amide bonds. The Morgan fingerprint density at radius 2 is 2.11 bits per heavy atom. The fourth-order valence-corrected chi connectivity index (χ4v) is 4.76. The predicted octanol–water partition coefficient (Wildman–Crippen LogP) is 4.83. The summed E-state index contributed by atoms with van der Waals surface area (Å²) in [4.78, 5) is 32.9. The van der Waals surface area contributed by atoms with Gasteiger partial charge in [0.25, 0.3) is 5.91 Å². The summed E-state index contributed by atoms with van der Waals surface area (Å²) in [5.41, 5.74) is 3.66. The number of amides is 2. The number of carbonyl (C=O) groups excluding carboxylic acids is 2. The smallest absolute Gasteiger partial charge is 0.266 e. The number of aryl methyl sites for hydroxylation is 2. The number of thiazole rings is 1. The maximum Gasteiger partial charge on any atom is 0.266 e. The summed E-state index contributed by atoms with van der Waals surface area (Å²) in [6, 6.07) is 5.86. The van der Waals surface area contributed by atoms with Crippen molar-refractivity contribution in [1.82, 2.24) is 9.88 Å². The van der Waals surface area contributed by atoms with Crippen LogP contribution in [0, 0.1) is 13.8 Å². The maximum absolute atomic E-state index is 12.5. The molecule has 28 heavy (non-hydrogen) atoms. The van der Waals surface area contributed by atoms with Gasteiger partial charge in [0.15, 0.2) is 5.13 Å². The van der Waals surface area contributed by atoms with E-state index < -0.39 is 0 Å². The van der Waals surface area contributed by atoms with Gasteiger partial charge in [-0.2, -0.15) is 0 Å². The molecule has 1 aliphatic heterocycles. The van der Waals surface area contributed by atoms with E-state index >= 15 is 0 Å². The highest BCUT2D eigenvalue weighted by Gasteiger charge is 2.31. The monoisotopic (exact) mass is 429 g/mol. The number of benzene rings is 1. The van der Waals surface area contributed by atoms with E-state index in [1.807, 2.05) is 37.4 Å². The third kappa shape index (κ3) is 4.09. The van der Waals surface area contributed by atoms with Crippen LogP contribution in [0.4, 0.5) is 10.8 Å². The summed E-state index contributed by atoms with van der Waals surface area (Å²) in [5.74, 6) is -0.275. The molecule has 0 atom stereocenters. The average molecular weight is 430 g/mol. The van der Waals surface area contributed by atoms with Crippen molar-refractivity contribution in [2.45, 2.75) is 20.8 Å². The third-order valence-electron chi connectivity index (χ3n) is 4.23. The fraction of sp³-hybridized carbons (Fsp3) is 0.200. The highest BCUT2D eigenvalue weighted by Crippen LogP contribution is 2.34. The van der Waals surface area contributed by atoms with E-state index in [9.17, 15) is 9.59 Å². The number of hydrogen-bond donors (Lipinski definition) is 0. The number of anilines is 2. The van der Waals surface area contributed by atoms with Gasteiger partial charge in [-0.05, 0) is 43.2 Å². The number of hydrogen-bond acceptors (Lipinski definition) is 6. The largest absolute Gasteiger partial charge is 0.289 e. The molecule has 1 aromatic heterocycles. The fourth-order valence-electron chi connectivity index (χ4n) is 2.66. The van der Waals surface area contributed by atoms with Gasteiger partial charge in [-0.15, -0.1) is 17.9 Å². The van der Waals surface area contributed by atoms with Crippen LogP contribution in [0.1, 0.15) is 23.7 Å². The van der Waals surface area contributed by atoms with Crippen LogP contribution in [0.25, 0.3) is 6.08 Å². The molecule has 0 bridgehead atoms. The van der Waals surface area contributed by atoms with Gasteiger partial charge < -0.3 is 0 Å². The molecule has 0 spiro atoms. The maximum atomic E-state index is 12.5. The van der Waals surface area contributed by atoms with Crippen LogP contribution < -0.4 is 4.90 Å². The summed E-state index contributed by atoms with van der Waals surface area (Å²) < 4.78 is 0.507. The molecule has 0 unspecified atom stereocenters. The molecule has 144 valence electrons. The van der Waals surface area contributed by atoms with E-state index in [1.54, 1.807) is 17.1 Å². The Labute approximate surface area is 177 Å². The molecule has 3 rings (SSSR count). The van der Waals surface area contributed by atoms with Gasteiger partial charge in [-0.25, -0.2) is 4.98 Å². The van der Waals surface area contributed by atoms with Crippen molar-refractivity contribution in [3.8, 4) is 0 Å². The number of thiocarbonyl (C=S) groups is 1. The molecule has 0 N–H and O–H groups in total. The van der Waals surface area contributed by atoms with Gasteiger partial charge in [-0.3, -0.25) is 19.4 Å². The molecule has 2 aromatic rings. The van der Waals surface area contributed by atoms with Crippen molar-refractivity contribution in [2.24, 2.45) is 0 Å². The van der Waals surface area contributed by atoms with Crippen LogP contribution in [0.3, 0.4) is 0 Å². The topological polar surface area (TPSA) is 53.5 Å². The van der Waals surface area contributed by atoms with E-state index in [0.29, 0.717) is 26.6 Å². The lowest BCUT2D eigenvalue weighted by Crippen LogP contribution is -2.27. The zero-order valence-electron chi connectivity index (χ0n) is 15.8. The van der Waals surface area contributed by atoms with Gasteiger partial charge in [0.1, 0.15) is 4.32 Å². The number of nitrogens with zero attached hydrogens (tertiary/aromatic N) is 3. The Morgan fingerprint density at radius 3 is 2.75 bits per heavy atom. The van der Waals surface area contributed by atoms with Crippen molar-refractivity contribution in [1.29, 1.82) is 0 Å². The summed E-state index contributed by atoms with van der Waals surface area (Å²) >= 11 is 7.85. The van der Waals surface area contributed by atoms with Gasteiger partial charge in [0, 0.05) is 18.8 Å². The number of aromatic nitrogens is 1. The first-order chi connectivity index (χ1) is 13.3. The van der Waals surface area contributed by atoms with Crippen LogP contribution in [0.2, 0.25) is 0 Å². The van der Waals surface area contributed by atoms with E-state index in [1.165, 1.54) is 34.9 Å². The van der Waals surface area contributed by atoms with Crippen LogP contribution in [0.5, 0.6) is 0 Å². The van der Waals surface area contributed by atoms with E-state index in [-0.39, 0.29) is 11.8 Å². The lowest BCUT2D eigenvalue weighted by atomic mass is 10.1. The van der Waals surface area contributed by atoms with Crippen LogP contribution in [-0.2, 0) is 9.59 Å². The van der Waals surface area contributed by atoms with E-state index in [0.717, 1.165) is 16.8 Å². The standard InChI is InChI=1S/C20H19N3O2S3/c1-5-8-22-18(25)17(28-20(22)26)10-15-11-27-19(21-15)23(14(4)24)16-7-6-12(2)13(3)9-16/h5-7,9-11H,1,8H2,2-4H3/b17-10-. The summed E-state index contributed by atoms with van der Waals surface area (Å²) in [6.07, 6.45) is 3.35. The van der Waals surface area contributed by atoms with Crippen LogP contribution in [0.15, 0.2) is 41.1 Å². The molecule has 0 aliphatic carbocycles. The minimum Gasteiger partial charge on any atom is -0.289 e. The molecule has 5 nitrogen and oxygen atoms in total. The molecular formula is C20H19N3O2S3. The Kier molecular flexibility index (Phi) is 6.12. The first kappa shape index (κ1) is 20.4. The second-order valence-electron chi connectivity index (χ2n) is 6.26. The molecule has 1 aliphatic rings.